The van der Waals surface area contributed by atoms with Gasteiger partial charge in [0.15, 0.2) is 12.1 Å². The average molecular weight is 290 g/mol. The normalized spacial score (nSPS) is 15.3. The van der Waals surface area contributed by atoms with Crippen LogP contribution in [0.4, 0.5) is 8.78 Å². The lowest BCUT2D eigenvalue weighted by molar-refractivity contribution is -0.0441. The molecule has 0 amide bonds. The molecule has 1 heterocycles. The Hall–Kier alpha value is -2.11. The Bertz CT molecular complexity index is 662. The number of ether oxygens (including phenoxy) is 2. The predicted octanol–water partition coefficient (Wildman–Crippen LogP) is 3.24. The van der Waals surface area contributed by atoms with Crippen LogP contribution in [0.15, 0.2) is 42.5 Å². The number of halogens is 2. The summed E-state index contributed by atoms with van der Waals surface area (Å²) in [5.74, 6) is -2.08. The fourth-order valence-corrected chi connectivity index (χ4v) is 2.17. The number of hydrogen-bond acceptors (Lipinski definition) is 3. The molecular formula is C16H12F2O3. The molecule has 0 N–H and O–H groups in total. The topological polar surface area (TPSA) is 35.5 Å². The van der Waals surface area contributed by atoms with Crippen LogP contribution in [0, 0.1) is 11.6 Å². The molecule has 0 radical (unpaired) electrons. The van der Waals surface area contributed by atoms with E-state index in [1.807, 2.05) is 0 Å². The van der Waals surface area contributed by atoms with E-state index in [2.05, 4.69) is 0 Å². The van der Waals surface area contributed by atoms with Crippen LogP contribution in [0.2, 0.25) is 0 Å². The van der Waals surface area contributed by atoms with Crippen LogP contribution < -0.4 is 0 Å². The fourth-order valence-electron chi connectivity index (χ4n) is 2.17. The highest BCUT2D eigenvalue weighted by Crippen LogP contribution is 2.24. The van der Waals surface area contributed by atoms with Crippen LogP contribution in [0.3, 0.4) is 0 Å². The minimum absolute atomic E-state index is 0.155. The first-order valence-corrected chi connectivity index (χ1v) is 6.48. The number of ketones is 1. The standard InChI is InChI=1S/C16H12F2O3/c17-12-5-6-13(14(18)9-12)15(19)10-1-3-11(4-2-10)16-20-7-8-21-16/h1-6,9,16H,7-8H2. The molecule has 1 aliphatic heterocycles. The van der Waals surface area contributed by atoms with Gasteiger partial charge in [0.25, 0.3) is 0 Å². The lowest BCUT2D eigenvalue weighted by Crippen LogP contribution is -2.05. The molecular weight excluding hydrogens is 278 g/mol. The Morgan fingerprint density at radius 3 is 2.29 bits per heavy atom. The van der Waals surface area contributed by atoms with Crippen LogP contribution in [-0.4, -0.2) is 19.0 Å². The van der Waals surface area contributed by atoms with Gasteiger partial charge in [-0.2, -0.15) is 0 Å². The second kappa shape index (κ2) is 5.71. The molecule has 2 aromatic carbocycles. The van der Waals surface area contributed by atoms with Crippen molar-refractivity contribution in [2.24, 2.45) is 0 Å². The maximum absolute atomic E-state index is 13.6. The smallest absolute Gasteiger partial charge is 0.195 e. The van der Waals surface area contributed by atoms with E-state index in [9.17, 15) is 13.6 Å². The van der Waals surface area contributed by atoms with Crippen LogP contribution in [0.25, 0.3) is 0 Å². The minimum atomic E-state index is -0.869. The average Bonchev–Trinajstić information content (AvgIpc) is 3.01. The van der Waals surface area contributed by atoms with Gasteiger partial charge in [-0.3, -0.25) is 4.79 Å². The van der Waals surface area contributed by atoms with Crippen LogP contribution >= 0.6 is 0 Å². The molecule has 1 aliphatic rings. The molecule has 0 aliphatic carbocycles. The molecule has 0 aromatic heterocycles. The van der Waals surface area contributed by atoms with E-state index in [1.54, 1.807) is 24.3 Å². The van der Waals surface area contributed by atoms with E-state index in [0.717, 1.165) is 17.7 Å². The van der Waals surface area contributed by atoms with Crippen molar-refractivity contribution in [2.75, 3.05) is 13.2 Å². The van der Waals surface area contributed by atoms with E-state index in [1.165, 1.54) is 0 Å². The summed E-state index contributed by atoms with van der Waals surface area (Å²) in [6.45, 7) is 1.07. The van der Waals surface area contributed by atoms with Crippen LogP contribution in [0.1, 0.15) is 27.8 Å². The van der Waals surface area contributed by atoms with Gasteiger partial charge in [0.2, 0.25) is 0 Å². The first kappa shape index (κ1) is 13.9. The number of carbonyl (C=O) groups excluding carboxylic acids is 1. The second-order valence-corrected chi connectivity index (χ2v) is 4.65. The third-order valence-corrected chi connectivity index (χ3v) is 3.24. The fraction of sp³-hybridized carbons (Fsp3) is 0.188. The Morgan fingerprint density at radius 2 is 1.67 bits per heavy atom. The molecule has 0 spiro atoms. The maximum Gasteiger partial charge on any atom is 0.195 e. The summed E-state index contributed by atoms with van der Waals surface area (Å²) in [6.07, 6.45) is -0.420. The van der Waals surface area contributed by atoms with Crippen molar-refractivity contribution >= 4 is 5.78 Å². The highest BCUT2D eigenvalue weighted by Gasteiger charge is 2.19. The summed E-state index contributed by atoms with van der Waals surface area (Å²) in [7, 11) is 0. The van der Waals surface area contributed by atoms with E-state index in [0.29, 0.717) is 24.8 Å². The lowest BCUT2D eigenvalue weighted by Gasteiger charge is -2.10. The van der Waals surface area contributed by atoms with Crippen molar-refractivity contribution in [3.63, 3.8) is 0 Å². The first-order valence-electron chi connectivity index (χ1n) is 6.48. The summed E-state index contributed by atoms with van der Waals surface area (Å²) in [5.41, 5.74) is 0.961. The molecule has 21 heavy (non-hydrogen) atoms. The molecule has 3 nitrogen and oxygen atoms in total. The van der Waals surface area contributed by atoms with Gasteiger partial charge in [-0.1, -0.05) is 24.3 Å². The quantitative estimate of drug-likeness (QED) is 0.814. The van der Waals surface area contributed by atoms with Gasteiger partial charge in [-0.15, -0.1) is 0 Å². The summed E-state index contributed by atoms with van der Waals surface area (Å²) < 4.78 is 37.2. The summed E-state index contributed by atoms with van der Waals surface area (Å²) in [5, 5.41) is 0. The number of benzene rings is 2. The predicted molar refractivity (Wildman–Crippen MR) is 70.9 cm³/mol. The zero-order chi connectivity index (χ0) is 14.8. The van der Waals surface area contributed by atoms with Gasteiger partial charge in [-0.05, 0) is 12.1 Å². The molecule has 0 saturated carbocycles. The molecule has 0 unspecified atom stereocenters. The monoisotopic (exact) mass is 290 g/mol. The third-order valence-electron chi connectivity index (χ3n) is 3.24. The van der Waals surface area contributed by atoms with Gasteiger partial charge in [-0.25, -0.2) is 8.78 Å². The van der Waals surface area contributed by atoms with Crippen molar-refractivity contribution < 1.29 is 23.0 Å². The molecule has 1 saturated heterocycles. The summed E-state index contributed by atoms with van der Waals surface area (Å²) in [6, 6.07) is 9.45. The SMILES string of the molecule is O=C(c1ccc(C2OCCO2)cc1)c1ccc(F)cc1F. The molecule has 5 heteroatoms. The zero-order valence-electron chi connectivity index (χ0n) is 11.0. The lowest BCUT2D eigenvalue weighted by atomic mass is 10.0. The maximum atomic E-state index is 13.6. The largest absolute Gasteiger partial charge is 0.346 e. The Kier molecular flexibility index (Phi) is 3.77. The van der Waals surface area contributed by atoms with E-state index in [-0.39, 0.29) is 5.56 Å². The van der Waals surface area contributed by atoms with Crippen molar-refractivity contribution in [3.05, 3.63) is 70.8 Å². The zero-order valence-corrected chi connectivity index (χ0v) is 11.0. The van der Waals surface area contributed by atoms with Crippen LogP contribution in [-0.2, 0) is 9.47 Å². The highest BCUT2D eigenvalue weighted by atomic mass is 19.1. The van der Waals surface area contributed by atoms with Gasteiger partial charge in [0.1, 0.15) is 11.6 Å². The summed E-state index contributed by atoms with van der Waals surface area (Å²) >= 11 is 0. The van der Waals surface area contributed by atoms with Crippen molar-refractivity contribution in [1.29, 1.82) is 0 Å². The Balaban J connectivity index is 1.84. The van der Waals surface area contributed by atoms with E-state index < -0.39 is 23.7 Å². The van der Waals surface area contributed by atoms with Gasteiger partial charge in [0, 0.05) is 17.2 Å². The number of hydrogen-bond donors (Lipinski definition) is 0. The van der Waals surface area contributed by atoms with Gasteiger partial charge < -0.3 is 9.47 Å². The third kappa shape index (κ3) is 2.84. The first-order chi connectivity index (χ1) is 10.1. The minimum Gasteiger partial charge on any atom is -0.346 e. The number of rotatable bonds is 3. The van der Waals surface area contributed by atoms with Crippen molar-refractivity contribution in [1.82, 2.24) is 0 Å². The molecule has 108 valence electrons. The number of carbonyl (C=O) groups is 1. The summed E-state index contributed by atoms with van der Waals surface area (Å²) in [4.78, 5) is 12.2. The second-order valence-electron chi connectivity index (χ2n) is 4.65. The molecule has 2 aromatic rings. The van der Waals surface area contributed by atoms with E-state index in [4.69, 9.17) is 9.47 Å². The van der Waals surface area contributed by atoms with Gasteiger partial charge >= 0.3 is 0 Å². The molecule has 0 atom stereocenters. The molecule has 1 fully saturated rings. The Morgan fingerprint density at radius 1 is 1.00 bits per heavy atom. The van der Waals surface area contributed by atoms with Crippen molar-refractivity contribution in [3.8, 4) is 0 Å². The molecule has 0 bridgehead atoms. The van der Waals surface area contributed by atoms with E-state index >= 15 is 0 Å². The Labute approximate surface area is 120 Å². The van der Waals surface area contributed by atoms with Gasteiger partial charge in [0.05, 0.1) is 18.8 Å². The highest BCUT2D eigenvalue weighted by molar-refractivity contribution is 6.09. The van der Waals surface area contributed by atoms with Crippen molar-refractivity contribution in [2.45, 2.75) is 6.29 Å². The molecule has 3 rings (SSSR count). The van der Waals surface area contributed by atoms with Crippen LogP contribution in [0.5, 0.6) is 0 Å².